The monoisotopic (exact) mass is 1240 g/mol. The SMILES string of the molecule is CCOc1ccccc1C(=O)OOC(=O)OC1CCC(C(C2CCC(OC(=O)OOC(=O)c3ccccc3OCC)CC2)(C2CCC(OC(=O)OOC(=O)c3ccccc3OCC)CC2)C2CCC(OC(=O)OOC(=O)c3ccccc3OCC)CC2)CC1. The van der Waals surface area contributed by atoms with Crippen molar-refractivity contribution in [2.24, 2.45) is 29.1 Å². The minimum atomic E-state index is -1.19. The molecule has 4 fully saturated rings. The Morgan fingerprint density at radius 3 is 0.674 bits per heavy atom. The quantitative estimate of drug-likeness (QED) is 0.0344. The minimum Gasteiger partial charge on any atom is -0.493 e. The van der Waals surface area contributed by atoms with Crippen LogP contribution in [-0.2, 0) is 58.0 Å². The zero-order chi connectivity index (χ0) is 63.1. The third-order valence-corrected chi connectivity index (χ3v) is 16.9. The number of rotatable bonds is 20. The Hall–Kier alpha value is -8.96. The van der Waals surface area contributed by atoms with E-state index in [9.17, 15) is 38.4 Å². The van der Waals surface area contributed by atoms with Gasteiger partial charge in [0.15, 0.2) is 0 Å². The summed E-state index contributed by atoms with van der Waals surface area (Å²) >= 11 is 0. The van der Waals surface area contributed by atoms with Crippen molar-refractivity contribution >= 4 is 48.5 Å². The van der Waals surface area contributed by atoms with Crippen LogP contribution in [0, 0.1) is 29.1 Å². The van der Waals surface area contributed by atoms with Gasteiger partial charge in [-0.15, -0.1) is 0 Å². The molecule has 4 aromatic rings. The van der Waals surface area contributed by atoms with E-state index in [0.29, 0.717) is 103 Å². The lowest BCUT2D eigenvalue weighted by molar-refractivity contribution is -0.213. The first-order valence-corrected chi connectivity index (χ1v) is 30.5. The Morgan fingerprint density at radius 1 is 0.292 bits per heavy atom. The third-order valence-electron chi connectivity index (χ3n) is 16.9. The van der Waals surface area contributed by atoms with E-state index in [4.69, 9.17) is 77.0 Å². The first-order chi connectivity index (χ1) is 43.2. The lowest BCUT2D eigenvalue weighted by Gasteiger charge is -2.60. The van der Waals surface area contributed by atoms with Gasteiger partial charge in [0.2, 0.25) is 0 Å². The highest BCUT2D eigenvalue weighted by Crippen LogP contribution is 2.63. The van der Waals surface area contributed by atoms with Crippen LogP contribution in [0.2, 0.25) is 0 Å². The summed E-state index contributed by atoms with van der Waals surface area (Å²) in [5, 5.41) is 0. The molecule has 24 heteroatoms. The van der Waals surface area contributed by atoms with Crippen molar-refractivity contribution < 1.29 is 115 Å². The first-order valence-electron chi connectivity index (χ1n) is 30.5. The molecule has 4 aliphatic rings. The molecule has 4 saturated carbocycles. The van der Waals surface area contributed by atoms with Gasteiger partial charge in [0, 0.05) is 0 Å². The van der Waals surface area contributed by atoms with Crippen LogP contribution in [0.15, 0.2) is 97.1 Å². The number of carbonyl (C=O) groups excluding carboxylic acids is 8. The summed E-state index contributed by atoms with van der Waals surface area (Å²) in [5.74, 6) is -2.72. The molecule has 8 rings (SSSR count). The third kappa shape index (κ3) is 17.6. The normalized spacial score (nSPS) is 22.1. The van der Waals surface area contributed by atoms with E-state index in [0.717, 1.165) is 0 Å². The van der Waals surface area contributed by atoms with Crippen LogP contribution in [0.5, 0.6) is 23.0 Å². The van der Waals surface area contributed by atoms with Crippen LogP contribution in [0.3, 0.4) is 0 Å². The summed E-state index contributed by atoms with van der Waals surface area (Å²) in [7, 11) is 0. The Kier molecular flexibility index (Phi) is 24.4. The van der Waals surface area contributed by atoms with Gasteiger partial charge in [0.25, 0.3) is 0 Å². The van der Waals surface area contributed by atoms with Gasteiger partial charge in [-0.2, -0.15) is 19.2 Å². The molecule has 0 aromatic heterocycles. The van der Waals surface area contributed by atoms with Crippen LogP contribution in [0.25, 0.3) is 0 Å². The van der Waals surface area contributed by atoms with Gasteiger partial charge < -0.3 is 37.9 Å². The number of carbonyl (C=O) groups is 8. The van der Waals surface area contributed by atoms with Gasteiger partial charge in [-0.05, 0) is 208 Å². The second kappa shape index (κ2) is 32.9. The van der Waals surface area contributed by atoms with Crippen molar-refractivity contribution in [2.45, 2.75) is 155 Å². The maximum Gasteiger partial charge on any atom is 0.550 e. The lowest BCUT2D eigenvalue weighted by Crippen LogP contribution is -2.54. The number of para-hydroxylation sites is 4. The first kappa shape index (κ1) is 66.0. The van der Waals surface area contributed by atoms with E-state index in [2.05, 4.69) is 0 Å². The minimum absolute atomic E-state index is 0.00972. The molecule has 0 spiro atoms. The molecule has 0 unspecified atom stereocenters. The molecular formula is C65H76O24. The second-order valence-corrected chi connectivity index (χ2v) is 21.9. The smallest absolute Gasteiger partial charge is 0.493 e. The number of hydrogen-bond donors (Lipinski definition) is 0. The van der Waals surface area contributed by atoms with E-state index in [-0.39, 0.29) is 95.4 Å². The highest BCUT2D eigenvalue weighted by molar-refractivity contribution is 5.94. The van der Waals surface area contributed by atoms with Crippen LogP contribution < -0.4 is 18.9 Å². The van der Waals surface area contributed by atoms with Crippen LogP contribution >= 0.6 is 0 Å². The maximum atomic E-state index is 13.2. The topological polar surface area (TPSA) is 284 Å². The fraction of sp³-hybridized carbons (Fsp3) is 0.508. The average molecular weight is 1240 g/mol. The van der Waals surface area contributed by atoms with Gasteiger partial charge in [-0.1, -0.05) is 48.5 Å². The van der Waals surface area contributed by atoms with Gasteiger partial charge in [0.1, 0.15) is 69.7 Å². The molecule has 0 aliphatic heterocycles. The second-order valence-electron chi connectivity index (χ2n) is 21.9. The molecule has 0 atom stereocenters. The van der Waals surface area contributed by atoms with Crippen molar-refractivity contribution in [1.82, 2.24) is 0 Å². The van der Waals surface area contributed by atoms with Crippen LogP contribution in [0.4, 0.5) is 19.2 Å². The number of ether oxygens (including phenoxy) is 8. The summed E-state index contributed by atoms with van der Waals surface area (Å²) in [6.07, 6.45) is 1.06. The number of benzene rings is 4. The van der Waals surface area contributed by atoms with E-state index >= 15 is 0 Å². The summed E-state index contributed by atoms with van der Waals surface area (Å²) in [6.45, 7) is 8.19. The average Bonchev–Trinajstić information content (AvgIpc) is 0.764. The van der Waals surface area contributed by atoms with Crippen LogP contribution in [0.1, 0.15) is 172 Å². The van der Waals surface area contributed by atoms with E-state index in [1.54, 1.807) is 100 Å². The zero-order valence-corrected chi connectivity index (χ0v) is 50.3. The Bertz CT molecular complexity index is 2620. The predicted octanol–water partition coefficient (Wildman–Crippen LogP) is 13.5. The molecule has 24 nitrogen and oxygen atoms in total. The largest absolute Gasteiger partial charge is 0.550 e. The zero-order valence-electron chi connectivity index (χ0n) is 50.3. The van der Waals surface area contributed by atoms with E-state index in [1.165, 1.54) is 24.3 Å². The standard InChI is InChI=1S/C65H76O24/c1-5-74-53-21-13-9-17-49(53)57(66)82-86-61(70)78-45-33-25-41(26-34-45)65(42-27-35-46(36-28-42)79-62(71)87-83-58(67)50-18-10-14-22-54(50)75-6-2,43-29-37-47(38-30-43)80-63(72)88-84-59(68)51-19-11-15-23-55(51)76-7-3)44-31-39-48(40-32-44)81-64(73)89-85-60(69)52-20-12-16-24-56(52)77-8-4/h9-24,41-48H,5-8,25-40H2,1-4H3. The molecule has 0 amide bonds. The maximum absolute atomic E-state index is 13.2. The molecule has 4 aromatic carbocycles. The molecule has 480 valence electrons. The van der Waals surface area contributed by atoms with Crippen molar-refractivity contribution in [3.05, 3.63) is 119 Å². The van der Waals surface area contributed by atoms with Gasteiger partial charge in [-0.3, -0.25) is 0 Å². The van der Waals surface area contributed by atoms with Crippen LogP contribution in [-0.4, -0.2) is 99.3 Å². The van der Waals surface area contributed by atoms with Gasteiger partial charge in [-0.25, -0.2) is 58.3 Å². The predicted molar refractivity (Wildman–Crippen MR) is 308 cm³/mol. The van der Waals surface area contributed by atoms with Crippen molar-refractivity contribution in [3.8, 4) is 23.0 Å². The van der Waals surface area contributed by atoms with Crippen molar-refractivity contribution in [3.63, 3.8) is 0 Å². The number of hydrogen-bond acceptors (Lipinski definition) is 24. The summed E-state index contributed by atoms with van der Waals surface area (Å²) < 4.78 is 45.2. The summed E-state index contributed by atoms with van der Waals surface area (Å²) in [4.78, 5) is 144. The Balaban J connectivity index is 0.983. The molecular weight excluding hydrogens is 1160 g/mol. The van der Waals surface area contributed by atoms with Gasteiger partial charge >= 0.3 is 48.5 Å². The molecule has 0 N–H and O–H groups in total. The highest BCUT2D eigenvalue weighted by atomic mass is 17.3. The Morgan fingerprint density at radius 2 is 0.483 bits per heavy atom. The summed E-state index contributed by atoms with van der Waals surface area (Å²) in [5.41, 5.74) is -0.228. The molecule has 0 bridgehead atoms. The molecule has 4 aliphatic carbocycles. The fourth-order valence-corrected chi connectivity index (χ4v) is 13.5. The fourth-order valence-electron chi connectivity index (χ4n) is 13.5. The molecule has 0 heterocycles. The van der Waals surface area contributed by atoms with Crippen molar-refractivity contribution in [2.75, 3.05) is 26.4 Å². The summed E-state index contributed by atoms with van der Waals surface area (Å²) in [6, 6.07) is 25.5. The molecule has 0 radical (unpaired) electrons. The molecule has 89 heavy (non-hydrogen) atoms. The van der Waals surface area contributed by atoms with E-state index in [1.807, 2.05) is 0 Å². The van der Waals surface area contributed by atoms with E-state index < -0.39 is 78.3 Å². The molecule has 0 saturated heterocycles. The van der Waals surface area contributed by atoms with Gasteiger partial charge in [0.05, 0.1) is 26.4 Å². The van der Waals surface area contributed by atoms with Crippen molar-refractivity contribution in [1.29, 1.82) is 0 Å². The Labute approximate surface area is 514 Å². The lowest BCUT2D eigenvalue weighted by atomic mass is 9.45. The highest BCUT2D eigenvalue weighted by Gasteiger charge is 2.57.